The molecule has 0 atom stereocenters. The van der Waals surface area contributed by atoms with E-state index >= 15 is 0 Å². The molecule has 0 aliphatic heterocycles. The van der Waals surface area contributed by atoms with Gasteiger partial charge in [-0.15, -0.1) is 0 Å². The molecule has 0 saturated carbocycles. The molecule has 72 valence electrons. The summed E-state index contributed by atoms with van der Waals surface area (Å²) in [5.41, 5.74) is 7.41. The van der Waals surface area contributed by atoms with Crippen LogP contribution >= 0.6 is 11.5 Å². The van der Waals surface area contributed by atoms with Gasteiger partial charge in [-0.1, -0.05) is 6.07 Å². The van der Waals surface area contributed by atoms with Crippen molar-refractivity contribution < 1.29 is 4.39 Å². The Labute approximate surface area is 85.4 Å². The zero-order valence-corrected chi connectivity index (χ0v) is 8.22. The van der Waals surface area contributed by atoms with Crippen LogP contribution in [0, 0.1) is 5.82 Å². The van der Waals surface area contributed by atoms with E-state index in [9.17, 15) is 4.39 Å². The first-order chi connectivity index (χ1) is 6.81. The van der Waals surface area contributed by atoms with Crippen molar-refractivity contribution in [3.63, 3.8) is 0 Å². The van der Waals surface area contributed by atoms with Crippen LogP contribution in [-0.2, 0) is 6.54 Å². The van der Waals surface area contributed by atoms with Crippen LogP contribution in [0.25, 0.3) is 11.3 Å². The molecule has 0 unspecified atom stereocenters. The third kappa shape index (κ3) is 1.66. The van der Waals surface area contributed by atoms with Crippen molar-refractivity contribution in [2.75, 3.05) is 0 Å². The molecule has 0 aliphatic carbocycles. The van der Waals surface area contributed by atoms with Crippen LogP contribution in [0.5, 0.6) is 0 Å². The zero-order valence-electron chi connectivity index (χ0n) is 7.40. The van der Waals surface area contributed by atoms with Crippen molar-refractivity contribution in [1.29, 1.82) is 0 Å². The molecule has 0 saturated heterocycles. The van der Waals surface area contributed by atoms with Gasteiger partial charge in [-0.3, -0.25) is 0 Å². The Morgan fingerprint density at radius 1 is 1.36 bits per heavy atom. The lowest BCUT2D eigenvalue weighted by atomic mass is 10.1. The van der Waals surface area contributed by atoms with Gasteiger partial charge in [-0.25, -0.2) is 4.39 Å². The van der Waals surface area contributed by atoms with Crippen LogP contribution in [0.3, 0.4) is 0 Å². The first-order valence-corrected chi connectivity index (χ1v) is 5.04. The average molecular weight is 208 g/mol. The molecule has 1 aromatic heterocycles. The molecule has 2 N–H and O–H groups in total. The molecule has 0 amide bonds. The van der Waals surface area contributed by atoms with Gasteiger partial charge in [-0.2, -0.15) is 4.37 Å². The molecular formula is C10H9FN2S. The maximum absolute atomic E-state index is 13.5. The lowest BCUT2D eigenvalue weighted by Gasteiger charge is -2.01. The van der Waals surface area contributed by atoms with Gasteiger partial charge in [0.2, 0.25) is 0 Å². The molecule has 0 bridgehead atoms. The maximum atomic E-state index is 13.5. The molecule has 0 spiro atoms. The molecule has 14 heavy (non-hydrogen) atoms. The Morgan fingerprint density at radius 3 is 2.79 bits per heavy atom. The topological polar surface area (TPSA) is 38.9 Å². The smallest absolute Gasteiger partial charge is 0.132 e. The number of halogens is 1. The van der Waals surface area contributed by atoms with E-state index in [4.69, 9.17) is 5.73 Å². The van der Waals surface area contributed by atoms with E-state index in [0.717, 1.165) is 5.56 Å². The van der Waals surface area contributed by atoms with Crippen LogP contribution in [0.4, 0.5) is 4.39 Å². The highest BCUT2D eigenvalue weighted by Crippen LogP contribution is 2.22. The summed E-state index contributed by atoms with van der Waals surface area (Å²) in [6.07, 6.45) is 0. The van der Waals surface area contributed by atoms with Crippen LogP contribution in [0.1, 0.15) is 5.56 Å². The molecule has 1 heterocycles. The van der Waals surface area contributed by atoms with Crippen molar-refractivity contribution in [3.8, 4) is 11.3 Å². The summed E-state index contributed by atoms with van der Waals surface area (Å²) in [5.74, 6) is -0.265. The van der Waals surface area contributed by atoms with Crippen LogP contribution < -0.4 is 5.73 Å². The molecule has 4 heteroatoms. The Hall–Kier alpha value is -1.26. The Balaban J connectivity index is 2.46. The lowest BCUT2D eigenvalue weighted by Crippen LogP contribution is -1.97. The second-order valence-electron chi connectivity index (χ2n) is 2.90. The van der Waals surface area contributed by atoms with Gasteiger partial charge in [0.15, 0.2) is 0 Å². The van der Waals surface area contributed by atoms with Crippen LogP contribution in [-0.4, -0.2) is 4.37 Å². The minimum absolute atomic E-state index is 0.265. The Bertz CT molecular complexity index is 426. The number of rotatable bonds is 2. The molecule has 2 rings (SSSR count). The van der Waals surface area contributed by atoms with Crippen LogP contribution in [0.15, 0.2) is 29.6 Å². The number of benzene rings is 1. The van der Waals surface area contributed by atoms with Gasteiger partial charge in [0.05, 0.1) is 5.69 Å². The van der Waals surface area contributed by atoms with E-state index in [1.165, 1.54) is 17.6 Å². The summed E-state index contributed by atoms with van der Waals surface area (Å²) >= 11 is 1.31. The molecule has 2 nitrogen and oxygen atoms in total. The highest BCUT2D eigenvalue weighted by molar-refractivity contribution is 7.03. The van der Waals surface area contributed by atoms with Crippen molar-refractivity contribution in [2.24, 2.45) is 5.73 Å². The first kappa shape index (κ1) is 9.30. The fourth-order valence-corrected chi connectivity index (χ4v) is 1.77. The number of hydrogen-bond donors (Lipinski definition) is 1. The Morgan fingerprint density at radius 2 is 2.21 bits per heavy atom. The molecule has 1 aromatic carbocycles. The van der Waals surface area contributed by atoms with Gasteiger partial charge in [-0.05, 0) is 35.3 Å². The van der Waals surface area contributed by atoms with Crippen molar-refractivity contribution in [3.05, 3.63) is 41.0 Å². The van der Waals surface area contributed by atoms with E-state index < -0.39 is 0 Å². The average Bonchev–Trinajstić information content (AvgIpc) is 2.70. The summed E-state index contributed by atoms with van der Waals surface area (Å²) in [6.45, 7) is 0.355. The SMILES string of the molecule is NCc1ccc(-c2ccsn2)c(F)c1. The lowest BCUT2D eigenvalue weighted by molar-refractivity contribution is 0.628. The van der Waals surface area contributed by atoms with Gasteiger partial charge < -0.3 is 5.73 Å². The molecular weight excluding hydrogens is 199 g/mol. The van der Waals surface area contributed by atoms with Crippen molar-refractivity contribution >= 4 is 11.5 Å². The second-order valence-corrected chi connectivity index (χ2v) is 3.57. The zero-order chi connectivity index (χ0) is 9.97. The van der Waals surface area contributed by atoms with Gasteiger partial charge >= 0.3 is 0 Å². The molecule has 0 aliphatic rings. The predicted molar refractivity (Wildman–Crippen MR) is 55.4 cm³/mol. The summed E-state index contributed by atoms with van der Waals surface area (Å²) < 4.78 is 17.6. The molecule has 0 fully saturated rings. The summed E-state index contributed by atoms with van der Waals surface area (Å²) in [6, 6.07) is 6.78. The number of nitrogens with two attached hydrogens (primary N) is 1. The van der Waals surface area contributed by atoms with Crippen molar-refractivity contribution in [1.82, 2.24) is 4.37 Å². The molecule has 2 aromatic rings. The number of hydrogen-bond acceptors (Lipinski definition) is 3. The van der Waals surface area contributed by atoms with Gasteiger partial charge in [0.1, 0.15) is 5.82 Å². The Kier molecular flexibility index (Phi) is 2.56. The fraction of sp³-hybridized carbons (Fsp3) is 0.100. The highest BCUT2D eigenvalue weighted by Gasteiger charge is 2.06. The van der Waals surface area contributed by atoms with E-state index in [0.29, 0.717) is 17.8 Å². The fourth-order valence-electron chi connectivity index (χ4n) is 1.24. The summed E-state index contributed by atoms with van der Waals surface area (Å²) in [4.78, 5) is 0. The van der Waals surface area contributed by atoms with Gasteiger partial charge in [0, 0.05) is 17.5 Å². The quantitative estimate of drug-likeness (QED) is 0.823. The maximum Gasteiger partial charge on any atom is 0.132 e. The number of aromatic nitrogens is 1. The van der Waals surface area contributed by atoms with E-state index in [1.54, 1.807) is 12.1 Å². The van der Waals surface area contributed by atoms with Crippen molar-refractivity contribution in [2.45, 2.75) is 6.54 Å². The highest BCUT2D eigenvalue weighted by atomic mass is 32.1. The standard InChI is InChI=1S/C10H9FN2S/c11-9-5-7(6-12)1-2-8(9)10-3-4-14-13-10/h1-5H,6,12H2. The monoisotopic (exact) mass is 208 g/mol. The van der Waals surface area contributed by atoms with E-state index in [2.05, 4.69) is 4.37 Å². The predicted octanol–water partition coefficient (Wildman–Crippen LogP) is 2.41. The first-order valence-electron chi connectivity index (χ1n) is 4.20. The normalized spacial score (nSPS) is 10.4. The molecule has 0 radical (unpaired) electrons. The minimum atomic E-state index is -0.265. The van der Waals surface area contributed by atoms with Gasteiger partial charge in [0.25, 0.3) is 0 Å². The largest absolute Gasteiger partial charge is 0.326 e. The summed E-state index contributed by atoms with van der Waals surface area (Å²) in [7, 11) is 0. The van der Waals surface area contributed by atoms with E-state index in [-0.39, 0.29) is 5.82 Å². The third-order valence-electron chi connectivity index (χ3n) is 1.98. The van der Waals surface area contributed by atoms with Crippen LogP contribution in [0.2, 0.25) is 0 Å². The number of nitrogens with zero attached hydrogens (tertiary/aromatic N) is 1. The van der Waals surface area contributed by atoms with E-state index in [1.807, 2.05) is 11.4 Å². The summed E-state index contributed by atoms with van der Waals surface area (Å²) in [5, 5.41) is 1.83. The minimum Gasteiger partial charge on any atom is -0.326 e. The third-order valence-corrected chi connectivity index (χ3v) is 2.54. The second kappa shape index (κ2) is 3.86.